The van der Waals surface area contributed by atoms with Crippen LogP contribution in [0, 0.1) is 0 Å². The van der Waals surface area contributed by atoms with E-state index in [2.05, 4.69) is 10.3 Å². The Morgan fingerprint density at radius 3 is 3.15 bits per heavy atom. The minimum atomic E-state index is -0.379. The number of rotatable bonds is 3. The van der Waals surface area contributed by atoms with Crippen LogP contribution in [0.3, 0.4) is 0 Å². The number of aromatic nitrogens is 1. The summed E-state index contributed by atoms with van der Waals surface area (Å²) >= 11 is 0. The summed E-state index contributed by atoms with van der Waals surface area (Å²) in [6.07, 6.45) is 1.17. The van der Waals surface area contributed by atoms with Gasteiger partial charge < -0.3 is 15.0 Å². The largest absolute Gasteiger partial charge is 0.442 e. The van der Waals surface area contributed by atoms with Crippen LogP contribution >= 0.6 is 0 Å². The summed E-state index contributed by atoms with van der Waals surface area (Å²) in [4.78, 5) is 27.5. The lowest BCUT2D eigenvalue weighted by Crippen LogP contribution is -2.33. The molecule has 6 heteroatoms. The van der Waals surface area contributed by atoms with E-state index in [4.69, 9.17) is 4.74 Å². The quantitative estimate of drug-likeness (QED) is 0.892. The molecule has 0 radical (unpaired) electrons. The van der Waals surface area contributed by atoms with E-state index < -0.39 is 0 Å². The lowest BCUT2D eigenvalue weighted by Gasteiger charge is -2.13. The number of fused-ring (bicyclic) bond motifs is 1. The summed E-state index contributed by atoms with van der Waals surface area (Å²) in [5.41, 5.74) is 1.82. The van der Waals surface area contributed by atoms with Gasteiger partial charge in [0, 0.05) is 29.7 Å². The van der Waals surface area contributed by atoms with Gasteiger partial charge in [0.25, 0.3) is 0 Å². The standard InChI is InChI=1S/C14H15N3O3/c1-9(18)16-7-12-8-17(14(19)20-12)11-2-3-13-10(6-11)4-5-15-13/h2-6,12,15H,7-8H2,1H3,(H,16,18). The molecule has 1 aromatic heterocycles. The van der Waals surface area contributed by atoms with E-state index in [1.807, 2.05) is 30.5 Å². The second-order valence-electron chi connectivity index (χ2n) is 4.80. The van der Waals surface area contributed by atoms with Crippen molar-refractivity contribution < 1.29 is 14.3 Å². The smallest absolute Gasteiger partial charge is 0.414 e. The van der Waals surface area contributed by atoms with Gasteiger partial charge in [-0.1, -0.05) is 0 Å². The van der Waals surface area contributed by atoms with Crippen LogP contribution in [0.1, 0.15) is 6.92 Å². The average Bonchev–Trinajstić information content (AvgIpc) is 3.01. The van der Waals surface area contributed by atoms with Gasteiger partial charge in [0.1, 0.15) is 6.10 Å². The number of anilines is 1. The number of benzene rings is 1. The molecule has 20 heavy (non-hydrogen) atoms. The molecular formula is C14H15N3O3. The molecule has 6 nitrogen and oxygen atoms in total. The minimum Gasteiger partial charge on any atom is -0.442 e. The van der Waals surface area contributed by atoms with Crippen LogP contribution < -0.4 is 10.2 Å². The highest BCUT2D eigenvalue weighted by atomic mass is 16.6. The molecule has 1 atom stereocenters. The first-order chi connectivity index (χ1) is 9.63. The molecular weight excluding hydrogens is 258 g/mol. The lowest BCUT2D eigenvalue weighted by molar-refractivity contribution is -0.119. The van der Waals surface area contributed by atoms with Gasteiger partial charge in [-0.2, -0.15) is 0 Å². The van der Waals surface area contributed by atoms with Gasteiger partial charge in [-0.3, -0.25) is 9.69 Å². The minimum absolute atomic E-state index is 0.131. The second kappa shape index (κ2) is 4.88. The van der Waals surface area contributed by atoms with Gasteiger partial charge in [-0.05, 0) is 24.3 Å². The normalized spacial score (nSPS) is 18.4. The number of cyclic esters (lactones) is 1. The molecule has 0 bridgehead atoms. The molecule has 0 aliphatic carbocycles. The van der Waals surface area contributed by atoms with E-state index in [-0.39, 0.29) is 18.1 Å². The van der Waals surface area contributed by atoms with Crippen LogP contribution in [-0.2, 0) is 9.53 Å². The molecule has 2 amide bonds. The number of hydrogen-bond acceptors (Lipinski definition) is 3. The molecule has 1 aromatic carbocycles. The SMILES string of the molecule is CC(=O)NCC1CN(c2ccc3[nH]ccc3c2)C(=O)O1. The zero-order valence-corrected chi connectivity index (χ0v) is 11.1. The predicted molar refractivity (Wildman–Crippen MR) is 74.6 cm³/mol. The van der Waals surface area contributed by atoms with Crippen molar-refractivity contribution in [2.75, 3.05) is 18.0 Å². The van der Waals surface area contributed by atoms with Crippen LogP contribution in [0.25, 0.3) is 10.9 Å². The highest BCUT2D eigenvalue weighted by Crippen LogP contribution is 2.25. The molecule has 2 aromatic rings. The van der Waals surface area contributed by atoms with Crippen molar-refractivity contribution in [3.8, 4) is 0 Å². The summed E-state index contributed by atoms with van der Waals surface area (Å²) < 4.78 is 5.24. The number of ether oxygens (including phenoxy) is 1. The maximum atomic E-state index is 11.9. The van der Waals surface area contributed by atoms with Gasteiger partial charge in [-0.15, -0.1) is 0 Å². The number of aromatic amines is 1. The van der Waals surface area contributed by atoms with Crippen LogP contribution in [0.5, 0.6) is 0 Å². The molecule has 1 aliphatic heterocycles. The molecule has 2 heterocycles. The average molecular weight is 273 g/mol. The molecule has 3 rings (SSSR count). The Labute approximate surface area is 115 Å². The topological polar surface area (TPSA) is 74.4 Å². The molecule has 0 spiro atoms. The van der Waals surface area contributed by atoms with E-state index in [1.54, 1.807) is 4.90 Å². The van der Waals surface area contributed by atoms with Crippen molar-refractivity contribution in [2.24, 2.45) is 0 Å². The maximum Gasteiger partial charge on any atom is 0.414 e. The van der Waals surface area contributed by atoms with Crippen molar-refractivity contribution in [3.05, 3.63) is 30.5 Å². The molecule has 104 valence electrons. The Bertz CT molecular complexity index is 664. The third kappa shape index (κ3) is 2.32. The Morgan fingerprint density at radius 2 is 2.35 bits per heavy atom. The Kier molecular flexibility index (Phi) is 3.06. The van der Waals surface area contributed by atoms with E-state index in [0.717, 1.165) is 16.6 Å². The fraction of sp³-hybridized carbons (Fsp3) is 0.286. The summed E-state index contributed by atoms with van der Waals surface area (Å²) in [6, 6.07) is 7.70. The summed E-state index contributed by atoms with van der Waals surface area (Å²) in [7, 11) is 0. The van der Waals surface area contributed by atoms with Crippen LogP contribution in [-0.4, -0.2) is 36.2 Å². The lowest BCUT2D eigenvalue weighted by atomic mass is 10.2. The molecule has 2 N–H and O–H groups in total. The number of hydrogen-bond donors (Lipinski definition) is 2. The Balaban J connectivity index is 1.76. The van der Waals surface area contributed by atoms with Crippen molar-refractivity contribution >= 4 is 28.6 Å². The molecule has 0 saturated carbocycles. The van der Waals surface area contributed by atoms with E-state index in [1.165, 1.54) is 6.92 Å². The van der Waals surface area contributed by atoms with Gasteiger partial charge in [0.15, 0.2) is 0 Å². The zero-order valence-electron chi connectivity index (χ0n) is 11.1. The number of nitrogens with zero attached hydrogens (tertiary/aromatic N) is 1. The number of H-pyrrole nitrogens is 1. The third-order valence-corrected chi connectivity index (χ3v) is 3.30. The Hall–Kier alpha value is -2.50. The van der Waals surface area contributed by atoms with Crippen molar-refractivity contribution in [1.82, 2.24) is 10.3 Å². The molecule has 1 saturated heterocycles. The monoisotopic (exact) mass is 273 g/mol. The summed E-state index contributed by atoms with van der Waals surface area (Å²) in [5.74, 6) is -0.131. The van der Waals surface area contributed by atoms with E-state index >= 15 is 0 Å². The molecule has 1 fully saturated rings. The summed E-state index contributed by atoms with van der Waals surface area (Å²) in [5, 5.41) is 3.70. The van der Waals surface area contributed by atoms with Crippen molar-refractivity contribution in [1.29, 1.82) is 0 Å². The van der Waals surface area contributed by atoms with Crippen LogP contribution in [0.2, 0.25) is 0 Å². The first-order valence-electron chi connectivity index (χ1n) is 6.43. The molecule has 1 unspecified atom stereocenters. The first kappa shape index (κ1) is 12.5. The number of carbonyl (C=O) groups is 2. The van der Waals surface area contributed by atoms with Gasteiger partial charge >= 0.3 is 6.09 Å². The van der Waals surface area contributed by atoms with Gasteiger partial charge in [0.05, 0.1) is 13.1 Å². The second-order valence-corrected chi connectivity index (χ2v) is 4.80. The van der Waals surface area contributed by atoms with Crippen LogP contribution in [0.4, 0.5) is 10.5 Å². The fourth-order valence-electron chi connectivity index (χ4n) is 2.30. The van der Waals surface area contributed by atoms with Crippen LogP contribution in [0.15, 0.2) is 30.5 Å². The fourth-order valence-corrected chi connectivity index (χ4v) is 2.30. The summed E-state index contributed by atoms with van der Waals surface area (Å²) in [6.45, 7) is 2.22. The highest BCUT2D eigenvalue weighted by Gasteiger charge is 2.32. The zero-order chi connectivity index (χ0) is 14.1. The van der Waals surface area contributed by atoms with Crippen molar-refractivity contribution in [2.45, 2.75) is 13.0 Å². The Morgan fingerprint density at radius 1 is 1.50 bits per heavy atom. The highest BCUT2D eigenvalue weighted by molar-refractivity contribution is 5.93. The van der Waals surface area contributed by atoms with E-state index in [0.29, 0.717) is 13.1 Å². The van der Waals surface area contributed by atoms with Crippen molar-refractivity contribution in [3.63, 3.8) is 0 Å². The number of amides is 2. The third-order valence-electron chi connectivity index (χ3n) is 3.30. The molecule has 1 aliphatic rings. The van der Waals surface area contributed by atoms with E-state index in [9.17, 15) is 9.59 Å². The number of nitrogens with one attached hydrogen (secondary N) is 2. The maximum absolute atomic E-state index is 11.9. The first-order valence-corrected chi connectivity index (χ1v) is 6.43. The van der Waals surface area contributed by atoms with Gasteiger partial charge in [-0.25, -0.2) is 4.79 Å². The number of carbonyl (C=O) groups excluding carboxylic acids is 2. The predicted octanol–water partition coefficient (Wildman–Crippen LogP) is 1.63. The van der Waals surface area contributed by atoms with Gasteiger partial charge in [0.2, 0.25) is 5.91 Å².